The second-order valence-corrected chi connectivity index (χ2v) is 8.45. The Morgan fingerprint density at radius 3 is 2.54 bits per heavy atom. The first-order valence-corrected chi connectivity index (χ1v) is 10.7. The number of amides is 1. The average molecular weight is 445 g/mol. The van der Waals surface area contributed by atoms with E-state index < -0.39 is 0 Å². The first kappa shape index (κ1) is 20.8. The number of hydrazone groups is 1. The molecule has 1 aliphatic rings. The van der Waals surface area contributed by atoms with E-state index in [0.717, 1.165) is 40.2 Å². The molecule has 2 aromatic rings. The van der Waals surface area contributed by atoms with Crippen LogP contribution >= 0.6 is 15.9 Å². The highest BCUT2D eigenvalue weighted by Gasteiger charge is 2.17. The minimum atomic E-state index is -0.0579. The Balaban J connectivity index is 1.75. The molecule has 1 saturated heterocycles. The van der Waals surface area contributed by atoms with Crippen LogP contribution in [0, 0.1) is 27.7 Å². The fourth-order valence-corrected chi connectivity index (χ4v) is 4.48. The van der Waals surface area contributed by atoms with Crippen LogP contribution in [-0.4, -0.2) is 41.2 Å². The van der Waals surface area contributed by atoms with Gasteiger partial charge in [-0.15, -0.1) is 0 Å². The predicted molar refractivity (Wildman–Crippen MR) is 118 cm³/mol. The van der Waals surface area contributed by atoms with Gasteiger partial charge >= 0.3 is 0 Å². The topological polar surface area (TPSA) is 49.6 Å². The molecule has 28 heavy (non-hydrogen) atoms. The summed E-state index contributed by atoms with van der Waals surface area (Å²) in [6.45, 7) is 10.8. The molecule has 0 radical (unpaired) electrons. The molecular formula is C22H29BrN4O. The lowest BCUT2D eigenvalue weighted by Gasteiger charge is -2.25. The third kappa shape index (κ3) is 4.55. The highest BCUT2D eigenvalue weighted by molar-refractivity contribution is 9.10. The predicted octanol–water partition coefficient (Wildman–Crippen LogP) is 4.41. The number of piperidine rings is 1. The number of hydrogen-bond acceptors (Lipinski definition) is 3. The van der Waals surface area contributed by atoms with Crippen LogP contribution in [0.5, 0.6) is 0 Å². The van der Waals surface area contributed by atoms with E-state index in [0.29, 0.717) is 6.54 Å². The van der Waals surface area contributed by atoms with Gasteiger partial charge in [-0.2, -0.15) is 5.10 Å². The molecule has 1 aromatic carbocycles. The van der Waals surface area contributed by atoms with Crippen LogP contribution in [-0.2, 0) is 4.79 Å². The van der Waals surface area contributed by atoms with Crippen molar-refractivity contribution in [3.05, 3.63) is 50.8 Å². The minimum Gasteiger partial charge on any atom is -0.316 e. The van der Waals surface area contributed by atoms with E-state index in [1.807, 2.05) is 0 Å². The van der Waals surface area contributed by atoms with Gasteiger partial charge < -0.3 is 4.57 Å². The summed E-state index contributed by atoms with van der Waals surface area (Å²) in [5, 5.41) is 4.22. The van der Waals surface area contributed by atoms with Gasteiger partial charge in [-0.3, -0.25) is 9.69 Å². The minimum absolute atomic E-state index is 0.0579. The van der Waals surface area contributed by atoms with Crippen LogP contribution in [0.1, 0.15) is 47.3 Å². The molecule has 0 saturated carbocycles. The number of benzene rings is 1. The maximum Gasteiger partial charge on any atom is 0.254 e. The Hall–Kier alpha value is -1.92. The molecule has 1 N–H and O–H groups in total. The lowest BCUT2D eigenvalue weighted by atomic mass is 10.1. The number of halogens is 1. The number of carbonyl (C=O) groups excluding carboxylic acids is 1. The van der Waals surface area contributed by atoms with E-state index in [-0.39, 0.29) is 5.91 Å². The largest absolute Gasteiger partial charge is 0.316 e. The Bertz CT molecular complexity index is 894. The van der Waals surface area contributed by atoms with E-state index in [1.165, 1.54) is 30.4 Å². The molecule has 150 valence electrons. The van der Waals surface area contributed by atoms with Gasteiger partial charge in [0.15, 0.2) is 0 Å². The van der Waals surface area contributed by atoms with Crippen molar-refractivity contribution in [2.24, 2.45) is 5.10 Å². The zero-order chi connectivity index (χ0) is 20.3. The van der Waals surface area contributed by atoms with Crippen LogP contribution in [0.3, 0.4) is 0 Å². The SMILES string of the molecule is Cc1ccc(-n2c(C)c(Br)c(/C=N\NC(=O)CN3CCCCC3)c2C)c(C)c1. The van der Waals surface area contributed by atoms with E-state index in [4.69, 9.17) is 0 Å². The van der Waals surface area contributed by atoms with Gasteiger partial charge in [-0.25, -0.2) is 5.43 Å². The molecule has 1 amide bonds. The summed E-state index contributed by atoms with van der Waals surface area (Å²) < 4.78 is 3.23. The van der Waals surface area contributed by atoms with E-state index in [9.17, 15) is 4.79 Å². The molecule has 1 aliphatic heterocycles. The standard InChI is InChI=1S/C22H29BrN4O/c1-15-8-9-20(16(2)12-15)27-17(3)19(22(23)18(27)4)13-24-25-21(28)14-26-10-6-5-7-11-26/h8-9,12-13H,5-7,10-11,14H2,1-4H3,(H,25,28)/b24-13-. The molecule has 0 atom stereocenters. The zero-order valence-electron chi connectivity index (χ0n) is 17.2. The Morgan fingerprint density at radius 2 is 1.86 bits per heavy atom. The Labute approximate surface area is 175 Å². The van der Waals surface area contributed by atoms with Crippen molar-refractivity contribution in [3.8, 4) is 5.69 Å². The number of likely N-dealkylation sites (tertiary alicyclic amines) is 1. The van der Waals surface area contributed by atoms with Crippen LogP contribution in [0.15, 0.2) is 27.8 Å². The van der Waals surface area contributed by atoms with Crippen molar-refractivity contribution < 1.29 is 4.79 Å². The van der Waals surface area contributed by atoms with Crippen molar-refractivity contribution in [1.29, 1.82) is 0 Å². The summed E-state index contributed by atoms with van der Waals surface area (Å²) in [4.78, 5) is 14.3. The number of hydrogen-bond donors (Lipinski definition) is 1. The number of aryl methyl sites for hydroxylation is 2. The van der Waals surface area contributed by atoms with Crippen molar-refractivity contribution in [2.75, 3.05) is 19.6 Å². The van der Waals surface area contributed by atoms with Gasteiger partial charge in [0.25, 0.3) is 5.91 Å². The van der Waals surface area contributed by atoms with Gasteiger partial charge in [0.2, 0.25) is 0 Å². The van der Waals surface area contributed by atoms with Gasteiger partial charge in [-0.1, -0.05) is 24.1 Å². The van der Waals surface area contributed by atoms with E-state index in [1.54, 1.807) is 6.21 Å². The van der Waals surface area contributed by atoms with Gasteiger partial charge in [0, 0.05) is 27.1 Å². The van der Waals surface area contributed by atoms with Crippen LogP contribution in [0.2, 0.25) is 0 Å². The molecule has 0 spiro atoms. The van der Waals surface area contributed by atoms with Crippen molar-refractivity contribution >= 4 is 28.1 Å². The van der Waals surface area contributed by atoms with E-state index >= 15 is 0 Å². The highest BCUT2D eigenvalue weighted by atomic mass is 79.9. The molecule has 5 nitrogen and oxygen atoms in total. The van der Waals surface area contributed by atoms with Crippen LogP contribution < -0.4 is 5.43 Å². The maximum atomic E-state index is 12.2. The molecule has 0 bridgehead atoms. The van der Waals surface area contributed by atoms with Crippen molar-refractivity contribution in [2.45, 2.75) is 47.0 Å². The van der Waals surface area contributed by atoms with Crippen molar-refractivity contribution in [1.82, 2.24) is 14.9 Å². The number of rotatable bonds is 5. The monoisotopic (exact) mass is 444 g/mol. The molecule has 2 heterocycles. The van der Waals surface area contributed by atoms with Gasteiger partial charge in [0.05, 0.1) is 12.8 Å². The number of carbonyl (C=O) groups is 1. The molecule has 0 aliphatic carbocycles. The summed E-state index contributed by atoms with van der Waals surface area (Å²) in [5.74, 6) is -0.0579. The molecule has 0 unspecified atom stereocenters. The number of aromatic nitrogens is 1. The van der Waals surface area contributed by atoms with Gasteiger partial charge in [0.1, 0.15) is 0 Å². The normalized spacial score (nSPS) is 15.3. The fourth-order valence-electron chi connectivity index (χ4n) is 3.92. The Kier molecular flexibility index (Phi) is 6.73. The first-order valence-electron chi connectivity index (χ1n) is 9.87. The third-order valence-corrected chi connectivity index (χ3v) is 6.41. The van der Waals surface area contributed by atoms with Crippen LogP contribution in [0.4, 0.5) is 0 Å². The van der Waals surface area contributed by atoms with Crippen molar-refractivity contribution in [3.63, 3.8) is 0 Å². The quantitative estimate of drug-likeness (QED) is 0.548. The second kappa shape index (κ2) is 9.05. The first-order chi connectivity index (χ1) is 13.4. The summed E-state index contributed by atoms with van der Waals surface area (Å²) in [7, 11) is 0. The number of nitrogens with zero attached hydrogens (tertiary/aromatic N) is 3. The van der Waals surface area contributed by atoms with Crippen LogP contribution in [0.25, 0.3) is 5.69 Å². The maximum absolute atomic E-state index is 12.2. The summed E-state index contributed by atoms with van der Waals surface area (Å²) in [6, 6.07) is 6.47. The third-order valence-electron chi connectivity index (χ3n) is 5.41. The lowest BCUT2D eigenvalue weighted by molar-refractivity contribution is -0.122. The van der Waals surface area contributed by atoms with Gasteiger partial charge in [-0.05, 0) is 81.2 Å². The van der Waals surface area contributed by atoms with E-state index in [2.05, 4.69) is 81.8 Å². The summed E-state index contributed by atoms with van der Waals surface area (Å²) in [6.07, 6.45) is 5.35. The lowest BCUT2D eigenvalue weighted by Crippen LogP contribution is -2.38. The molecular weight excluding hydrogens is 416 g/mol. The molecule has 3 rings (SSSR count). The Morgan fingerprint density at radius 1 is 1.14 bits per heavy atom. The smallest absolute Gasteiger partial charge is 0.254 e. The molecule has 1 fully saturated rings. The second-order valence-electron chi connectivity index (χ2n) is 7.65. The fraction of sp³-hybridized carbons (Fsp3) is 0.455. The highest BCUT2D eigenvalue weighted by Crippen LogP contribution is 2.30. The summed E-state index contributed by atoms with van der Waals surface area (Å²) in [5.41, 5.74) is 9.51. The molecule has 6 heteroatoms. The zero-order valence-corrected chi connectivity index (χ0v) is 18.8. The molecule has 1 aromatic heterocycles. The summed E-state index contributed by atoms with van der Waals surface area (Å²) >= 11 is 3.70. The average Bonchev–Trinajstić information content (AvgIpc) is 2.86. The number of nitrogens with one attached hydrogen (secondary N) is 1.